The summed E-state index contributed by atoms with van der Waals surface area (Å²) >= 11 is 0. The first-order valence-corrected chi connectivity index (χ1v) is 5.10. The van der Waals surface area contributed by atoms with Crippen molar-refractivity contribution in [3.05, 3.63) is 45.6 Å². The van der Waals surface area contributed by atoms with Gasteiger partial charge in [0.25, 0.3) is 0 Å². The maximum absolute atomic E-state index is 4.16. The van der Waals surface area contributed by atoms with E-state index in [1.807, 2.05) is 0 Å². The van der Waals surface area contributed by atoms with Crippen LogP contribution < -0.4 is 0 Å². The molecule has 0 aromatic carbocycles. The van der Waals surface area contributed by atoms with Crippen molar-refractivity contribution in [1.82, 2.24) is 0 Å². The van der Waals surface area contributed by atoms with E-state index < -0.39 is 0 Å². The first kappa shape index (κ1) is 11.0. The third kappa shape index (κ3) is 1.50. The van der Waals surface area contributed by atoms with E-state index in [0.29, 0.717) is 0 Å². The summed E-state index contributed by atoms with van der Waals surface area (Å²) in [4.78, 5) is 0. The second-order valence-corrected chi connectivity index (χ2v) is 4.23. The Balaban J connectivity index is 3.55. The van der Waals surface area contributed by atoms with Crippen LogP contribution in [-0.4, -0.2) is 0 Å². The molecule has 0 fully saturated rings. The van der Waals surface area contributed by atoms with Crippen LogP contribution in [-0.2, 0) is 0 Å². The molecule has 0 heteroatoms. The molecule has 0 aliphatic heterocycles. The minimum atomic E-state index is 1.19. The Labute approximate surface area is 87.7 Å². The van der Waals surface area contributed by atoms with Gasteiger partial charge in [0.2, 0.25) is 0 Å². The van der Waals surface area contributed by atoms with Crippen molar-refractivity contribution in [2.75, 3.05) is 0 Å². The van der Waals surface area contributed by atoms with Crippen molar-refractivity contribution in [2.45, 2.75) is 41.5 Å². The lowest BCUT2D eigenvalue weighted by atomic mass is 9.97. The standard InChI is InChI=1S/C14H20/c1-8-9(2)11(4)13(6)14(7)12(5)10(8)3/h1H2,2-7H3. The lowest BCUT2D eigenvalue weighted by molar-refractivity contribution is 1.21. The molecule has 0 nitrogen and oxygen atoms in total. The van der Waals surface area contributed by atoms with E-state index in [1.165, 1.54) is 39.0 Å². The monoisotopic (exact) mass is 188 g/mol. The van der Waals surface area contributed by atoms with Crippen molar-refractivity contribution < 1.29 is 0 Å². The first-order valence-electron chi connectivity index (χ1n) is 5.10. The fourth-order valence-corrected chi connectivity index (χ4v) is 1.86. The average molecular weight is 188 g/mol. The summed E-state index contributed by atoms with van der Waals surface area (Å²) in [7, 11) is 0. The normalized spacial score (nSPS) is 19.4. The Kier molecular flexibility index (Phi) is 2.84. The zero-order valence-corrected chi connectivity index (χ0v) is 10.2. The van der Waals surface area contributed by atoms with Gasteiger partial charge in [-0.05, 0) is 80.6 Å². The molecule has 0 spiro atoms. The van der Waals surface area contributed by atoms with Gasteiger partial charge >= 0.3 is 0 Å². The predicted octanol–water partition coefficient (Wildman–Crippen LogP) is 4.57. The molecule has 0 aromatic heterocycles. The second-order valence-electron chi connectivity index (χ2n) is 4.23. The molecule has 0 saturated carbocycles. The summed E-state index contributed by atoms with van der Waals surface area (Å²) in [6.07, 6.45) is 0. The van der Waals surface area contributed by atoms with Crippen LogP contribution in [0.25, 0.3) is 0 Å². The molecule has 76 valence electrons. The molecule has 1 aliphatic carbocycles. The largest absolute Gasteiger partial charge is 0.0912 e. The molecule has 0 saturated heterocycles. The van der Waals surface area contributed by atoms with Gasteiger partial charge in [0.1, 0.15) is 0 Å². The smallest absolute Gasteiger partial charge is 0.0265 e. The lowest BCUT2D eigenvalue weighted by Crippen LogP contribution is -1.89. The molecule has 1 rings (SSSR count). The lowest BCUT2D eigenvalue weighted by Gasteiger charge is -2.08. The maximum Gasteiger partial charge on any atom is -0.0265 e. The quantitative estimate of drug-likeness (QED) is 0.522. The van der Waals surface area contributed by atoms with E-state index in [1.54, 1.807) is 0 Å². The van der Waals surface area contributed by atoms with E-state index in [-0.39, 0.29) is 0 Å². The van der Waals surface area contributed by atoms with E-state index in [9.17, 15) is 0 Å². The van der Waals surface area contributed by atoms with Crippen molar-refractivity contribution in [3.63, 3.8) is 0 Å². The van der Waals surface area contributed by atoms with Crippen LogP contribution in [0.1, 0.15) is 41.5 Å². The summed E-state index contributed by atoms with van der Waals surface area (Å²) in [5.41, 5.74) is 9.41. The van der Waals surface area contributed by atoms with E-state index in [2.05, 4.69) is 48.1 Å². The minimum absolute atomic E-state index is 1.19. The predicted molar refractivity (Wildman–Crippen MR) is 64.3 cm³/mol. The molecule has 14 heavy (non-hydrogen) atoms. The van der Waals surface area contributed by atoms with Crippen LogP contribution in [0.4, 0.5) is 0 Å². The van der Waals surface area contributed by atoms with Crippen LogP contribution in [0.3, 0.4) is 0 Å². The highest BCUT2D eigenvalue weighted by atomic mass is 14.2. The van der Waals surface area contributed by atoms with E-state index in [4.69, 9.17) is 0 Å². The number of hydrogen-bond donors (Lipinski definition) is 0. The fourth-order valence-electron chi connectivity index (χ4n) is 1.86. The molecular weight excluding hydrogens is 168 g/mol. The van der Waals surface area contributed by atoms with Crippen molar-refractivity contribution >= 4 is 0 Å². The second kappa shape index (κ2) is 3.61. The molecule has 0 N–H and O–H groups in total. The van der Waals surface area contributed by atoms with Gasteiger partial charge in [-0.15, -0.1) is 0 Å². The van der Waals surface area contributed by atoms with Gasteiger partial charge in [-0.1, -0.05) is 6.58 Å². The average Bonchev–Trinajstić information content (AvgIpc) is 2.23. The number of hydrogen-bond acceptors (Lipinski definition) is 0. The van der Waals surface area contributed by atoms with Crippen molar-refractivity contribution in [3.8, 4) is 0 Å². The summed E-state index contributed by atoms with van der Waals surface area (Å²) in [5, 5.41) is 0. The van der Waals surface area contributed by atoms with Crippen LogP contribution in [0.2, 0.25) is 0 Å². The molecular formula is C14H20. The van der Waals surface area contributed by atoms with Crippen LogP contribution in [0, 0.1) is 0 Å². The summed E-state index contributed by atoms with van der Waals surface area (Å²) in [6, 6.07) is 0. The SMILES string of the molecule is C=C1C(C)=C(C)C(C)=C(C)C(C)=C1C. The zero-order chi connectivity index (χ0) is 11.0. The third-order valence-electron chi connectivity index (χ3n) is 3.72. The Hall–Kier alpha value is -1.04. The molecule has 0 aromatic rings. The highest BCUT2D eigenvalue weighted by Gasteiger charge is 2.14. The van der Waals surface area contributed by atoms with Crippen LogP contribution >= 0.6 is 0 Å². The highest BCUT2D eigenvalue weighted by Crippen LogP contribution is 2.34. The van der Waals surface area contributed by atoms with E-state index in [0.717, 1.165) is 0 Å². The maximum atomic E-state index is 4.16. The number of allylic oxidation sites excluding steroid dienone is 7. The van der Waals surface area contributed by atoms with Gasteiger partial charge < -0.3 is 0 Å². The van der Waals surface area contributed by atoms with Gasteiger partial charge in [0.15, 0.2) is 0 Å². The van der Waals surface area contributed by atoms with Crippen LogP contribution in [0.15, 0.2) is 45.6 Å². The molecule has 0 bridgehead atoms. The molecule has 0 radical (unpaired) electrons. The Morgan fingerprint density at radius 3 is 1.00 bits per heavy atom. The zero-order valence-electron chi connectivity index (χ0n) is 10.2. The van der Waals surface area contributed by atoms with Gasteiger partial charge in [-0.3, -0.25) is 0 Å². The molecule has 0 heterocycles. The topological polar surface area (TPSA) is 0 Å². The first-order chi connectivity index (χ1) is 6.37. The fraction of sp³-hybridized carbons (Fsp3) is 0.429. The van der Waals surface area contributed by atoms with Gasteiger partial charge in [-0.25, -0.2) is 0 Å². The Morgan fingerprint density at radius 1 is 0.500 bits per heavy atom. The summed E-state index contributed by atoms with van der Waals surface area (Å²) < 4.78 is 0. The summed E-state index contributed by atoms with van der Waals surface area (Å²) in [6.45, 7) is 17.3. The molecule has 0 atom stereocenters. The van der Waals surface area contributed by atoms with Gasteiger partial charge in [0, 0.05) is 0 Å². The van der Waals surface area contributed by atoms with E-state index >= 15 is 0 Å². The number of rotatable bonds is 0. The van der Waals surface area contributed by atoms with Gasteiger partial charge in [0.05, 0.1) is 0 Å². The van der Waals surface area contributed by atoms with Gasteiger partial charge in [-0.2, -0.15) is 0 Å². The Morgan fingerprint density at radius 2 is 0.714 bits per heavy atom. The minimum Gasteiger partial charge on any atom is -0.0912 e. The van der Waals surface area contributed by atoms with Crippen molar-refractivity contribution in [2.24, 2.45) is 0 Å². The highest BCUT2D eigenvalue weighted by molar-refractivity contribution is 5.59. The van der Waals surface area contributed by atoms with Crippen molar-refractivity contribution in [1.29, 1.82) is 0 Å². The molecule has 1 aliphatic rings. The molecule has 0 unspecified atom stereocenters. The molecule has 0 amide bonds. The Bertz CT molecular complexity index is 348. The third-order valence-corrected chi connectivity index (χ3v) is 3.72. The summed E-state index contributed by atoms with van der Waals surface area (Å²) in [5.74, 6) is 0. The van der Waals surface area contributed by atoms with Crippen LogP contribution in [0.5, 0.6) is 0 Å².